The largest absolute Gasteiger partial charge is 0.378 e. The third kappa shape index (κ3) is 3.32. The van der Waals surface area contributed by atoms with E-state index in [1.54, 1.807) is 0 Å². The van der Waals surface area contributed by atoms with Crippen LogP contribution < -0.4 is 10.5 Å². The van der Waals surface area contributed by atoms with Crippen molar-refractivity contribution in [2.24, 2.45) is 7.05 Å². The fourth-order valence-electron chi connectivity index (χ4n) is 3.59. The number of nitrogens with zero attached hydrogens (tertiary/aromatic N) is 5. The van der Waals surface area contributed by atoms with Crippen molar-refractivity contribution in [1.82, 2.24) is 24.6 Å². The lowest BCUT2D eigenvalue weighted by molar-refractivity contribution is 0.122. The number of fused-ring (bicyclic) bond motifs is 1. The van der Waals surface area contributed by atoms with Crippen LogP contribution in [0.1, 0.15) is 22.5 Å². The third-order valence-corrected chi connectivity index (χ3v) is 4.96. The van der Waals surface area contributed by atoms with Crippen LogP contribution in [-0.4, -0.2) is 57.5 Å². The number of aromatic nitrogens is 4. The fourth-order valence-corrected chi connectivity index (χ4v) is 3.59. The molecule has 2 aliphatic heterocycles. The van der Waals surface area contributed by atoms with E-state index in [0.717, 1.165) is 49.6 Å². The lowest BCUT2D eigenvalue weighted by atomic mass is 10.1. The highest BCUT2D eigenvalue weighted by atomic mass is 16.5. The number of ether oxygens (including phenoxy) is 1. The Kier molecular flexibility index (Phi) is 4.30. The minimum absolute atomic E-state index is 0.00343. The van der Waals surface area contributed by atoms with Crippen LogP contribution in [0, 0.1) is 6.92 Å². The van der Waals surface area contributed by atoms with Gasteiger partial charge >= 0.3 is 0 Å². The molecule has 25 heavy (non-hydrogen) atoms. The molecule has 0 radical (unpaired) electrons. The van der Waals surface area contributed by atoms with Gasteiger partial charge in [0.05, 0.1) is 24.6 Å². The smallest absolute Gasteiger partial charge is 0.255 e. The quantitative estimate of drug-likeness (QED) is 0.857. The summed E-state index contributed by atoms with van der Waals surface area (Å²) in [5.74, 6) is 0.673. The average Bonchev–Trinajstić information content (AvgIpc) is 2.92. The van der Waals surface area contributed by atoms with Gasteiger partial charge in [-0.3, -0.25) is 19.4 Å². The molecule has 134 valence electrons. The van der Waals surface area contributed by atoms with E-state index >= 15 is 0 Å². The van der Waals surface area contributed by atoms with E-state index in [2.05, 4.69) is 26.1 Å². The van der Waals surface area contributed by atoms with Crippen LogP contribution >= 0.6 is 0 Å². The molecule has 0 aliphatic carbocycles. The molecule has 0 bridgehead atoms. The summed E-state index contributed by atoms with van der Waals surface area (Å²) in [4.78, 5) is 24.6. The Morgan fingerprint density at radius 3 is 2.80 bits per heavy atom. The Bertz CT molecular complexity index is 821. The Labute approximate surface area is 146 Å². The van der Waals surface area contributed by atoms with E-state index in [0.29, 0.717) is 25.7 Å². The number of aromatic amines is 1. The molecule has 2 aliphatic rings. The zero-order chi connectivity index (χ0) is 17.4. The molecule has 1 saturated heterocycles. The van der Waals surface area contributed by atoms with Crippen LogP contribution in [0.15, 0.2) is 11.0 Å². The summed E-state index contributed by atoms with van der Waals surface area (Å²) in [6, 6.07) is 0. The van der Waals surface area contributed by atoms with E-state index in [-0.39, 0.29) is 5.56 Å². The van der Waals surface area contributed by atoms with Crippen LogP contribution in [-0.2, 0) is 31.3 Å². The lowest BCUT2D eigenvalue weighted by Gasteiger charge is -2.30. The summed E-state index contributed by atoms with van der Waals surface area (Å²) < 4.78 is 7.23. The number of H-pyrrole nitrogens is 1. The molecular weight excluding hydrogens is 320 g/mol. The first-order chi connectivity index (χ1) is 12.1. The second kappa shape index (κ2) is 6.61. The first-order valence-electron chi connectivity index (χ1n) is 8.76. The molecule has 2 aromatic heterocycles. The molecule has 4 heterocycles. The highest BCUT2D eigenvalue weighted by Crippen LogP contribution is 2.19. The van der Waals surface area contributed by atoms with E-state index in [1.165, 1.54) is 5.56 Å². The maximum atomic E-state index is 12.5. The van der Waals surface area contributed by atoms with Gasteiger partial charge in [0.25, 0.3) is 5.56 Å². The van der Waals surface area contributed by atoms with Gasteiger partial charge in [-0.1, -0.05) is 0 Å². The van der Waals surface area contributed by atoms with Crippen LogP contribution in [0.4, 0.5) is 5.95 Å². The van der Waals surface area contributed by atoms with E-state index in [4.69, 9.17) is 9.72 Å². The third-order valence-electron chi connectivity index (χ3n) is 4.96. The molecule has 2 aromatic rings. The van der Waals surface area contributed by atoms with Gasteiger partial charge in [0.2, 0.25) is 5.95 Å². The molecule has 1 N–H and O–H groups in total. The van der Waals surface area contributed by atoms with Crippen molar-refractivity contribution in [3.8, 4) is 0 Å². The molecule has 0 amide bonds. The van der Waals surface area contributed by atoms with Crippen molar-refractivity contribution in [3.05, 3.63) is 39.1 Å². The number of hydrogen-bond donors (Lipinski definition) is 1. The van der Waals surface area contributed by atoms with Gasteiger partial charge in [0.1, 0.15) is 0 Å². The van der Waals surface area contributed by atoms with Crippen LogP contribution in [0.25, 0.3) is 0 Å². The number of nitrogens with one attached hydrogen (secondary N) is 1. The predicted molar refractivity (Wildman–Crippen MR) is 93.7 cm³/mol. The van der Waals surface area contributed by atoms with Gasteiger partial charge in [0, 0.05) is 57.1 Å². The molecule has 0 atom stereocenters. The maximum absolute atomic E-state index is 12.5. The zero-order valence-corrected chi connectivity index (χ0v) is 14.8. The highest BCUT2D eigenvalue weighted by molar-refractivity contribution is 5.34. The summed E-state index contributed by atoms with van der Waals surface area (Å²) in [6.45, 7) is 7.31. The number of hydrogen-bond acceptors (Lipinski definition) is 6. The Hall–Kier alpha value is -2.19. The average molecular weight is 344 g/mol. The predicted octanol–water partition coefficient (Wildman–Crippen LogP) is 0.207. The van der Waals surface area contributed by atoms with Crippen LogP contribution in [0.3, 0.4) is 0 Å². The number of rotatable bonds is 3. The Balaban J connectivity index is 1.55. The first-order valence-corrected chi connectivity index (χ1v) is 8.76. The van der Waals surface area contributed by atoms with Crippen molar-refractivity contribution in [2.45, 2.75) is 26.4 Å². The second-order valence-corrected chi connectivity index (χ2v) is 6.79. The van der Waals surface area contributed by atoms with Crippen LogP contribution in [0.2, 0.25) is 0 Å². The monoisotopic (exact) mass is 344 g/mol. The molecule has 0 saturated carbocycles. The van der Waals surface area contributed by atoms with Gasteiger partial charge in [-0.2, -0.15) is 5.10 Å². The molecule has 8 heteroatoms. The van der Waals surface area contributed by atoms with Crippen molar-refractivity contribution in [2.75, 3.05) is 37.7 Å². The van der Waals surface area contributed by atoms with Gasteiger partial charge in [-0.15, -0.1) is 0 Å². The summed E-state index contributed by atoms with van der Waals surface area (Å²) in [6.07, 6.45) is 2.80. The molecule has 1 fully saturated rings. The standard InChI is InChI=1S/C17H24N6O2/c1-12-13(9-21(2)20-12)10-22-4-3-14-15(11-22)18-17(19-16(14)24)23-5-7-25-8-6-23/h9H,3-8,10-11H2,1-2H3,(H,18,19,24). The summed E-state index contributed by atoms with van der Waals surface area (Å²) in [5, 5.41) is 4.41. The van der Waals surface area contributed by atoms with Crippen molar-refractivity contribution < 1.29 is 4.74 Å². The van der Waals surface area contributed by atoms with Crippen molar-refractivity contribution in [1.29, 1.82) is 0 Å². The molecule has 0 spiro atoms. The lowest BCUT2D eigenvalue weighted by Crippen LogP contribution is -2.40. The SMILES string of the molecule is Cc1nn(C)cc1CN1CCc2c(nc(N3CCOCC3)[nH]c2=O)C1. The van der Waals surface area contributed by atoms with Crippen molar-refractivity contribution >= 4 is 5.95 Å². The van der Waals surface area contributed by atoms with E-state index in [9.17, 15) is 4.79 Å². The highest BCUT2D eigenvalue weighted by Gasteiger charge is 2.23. The zero-order valence-electron chi connectivity index (χ0n) is 14.8. The van der Waals surface area contributed by atoms with Crippen LogP contribution in [0.5, 0.6) is 0 Å². The Morgan fingerprint density at radius 1 is 1.28 bits per heavy atom. The topological polar surface area (TPSA) is 79.3 Å². The minimum atomic E-state index is 0.00343. The summed E-state index contributed by atoms with van der Waals surface area (Å²) >= 11 is 0. The second-order valence-electron chi connectivity index (χ2n) is 6.79. The fraction of sp³-hybridized carbons (Fsp3) is 0.588. The number of aryl methyl sites for hydroxylation is 2. The van der Waals surface area contributed by atoms with Crippen molar-refractivity contribution in [3.63, 3.8) is 0 Å². The van der Waals surface area contributed by atoms with E-state index in [1.807, 2.05) is 18.7 Å². The van der Waals surface area contributed by atoms with Gasteiger partial charge in [-0.05, 0) is 13.3 Å². The summed E-state index contributed by atoms with van der Waals surface area (Å²) in [5.41, 5.74) is 4.02. The maximum Gasteiger partial charge on any atom is 0.255 e. The normalized spacial score (nSPS) is 18.4. The van der Waals surface area contributed by atoms with Gasteiger partial charge in [0.15, 0.2) is 0 Å². The first kappa shape index (κ1) is 16.3. The Morgan fingerprint density at radius 2 is 2.08 bits per heavy atom. The summed E-state index contributed by atoms with van der Waals surface area (Å²) in [7, 11) is 1.94. The molecule has 4 rings (SSSR count). The number of anilines is 1. The molecule has 8 nitrogen and oxygen atoms in total. The molecular formula is C17H24N6O2. The molecule has 0 aromatic carbocycles. The van der Waals surface area contributed by atoms with Gasteiger partial charge in [-0.25, -0.2) is 4.98 Å². The molecule has 0 unspecified atom stereocenters. The van der Waals surface area contributed by atoms with E-state index < -0.39 is 0 Å². The minimum Gasteiger partial charge on any atom is -0.378 e. The number of morpholine rings is 1. The van der Waals surface area contributed by atoms with Gasteiger partial charge < -0.3 is 9.64 Å².